The van der Waals surface area contributed by atoms with Crippen LogP contribution in [0.15, 0.2) is 36.7 Å². The highest BCUT2D eigenvalue weighted by atomic mass is 15.4. The lowest BCUT2D eigenvalue weighted by molar-refractivity contribution is 0.244. The first-order valence-corrected chi connectivity index (χ1v) is 6.81. The molecule has 1 fully saturated rings. The predicted molar refractivity (Wildman–Crippen MR) is 74.4 cm³/mol. The lowest BCUT2D eigenvalue weighted by Gasteiger charge is -2.27. The molecule has 0 amide bonds. The Morgan fingerprint density at radius 1 is 1.16 bits per heavy atom. The van der Waals surface area contributed by atoms with E-state index in [2.05, 4.69) is 38.7 Å². The Balaban J connectivity index is 1.70. The van der Waals surface area contributed by atoms with Gasteiger partial charge in [0.25, 0.3) is 0 Å². The predicted octanol–water partition coefficient (Wildman–Crippen LogP) is 0.715. The van der Waals surface area contributed by atoms with Gasteiger partial charge in [-0.3, -0.25) is 0 Å². The Hall–Kier alpha value is -1.72. The zero-order valence-corrected chi connectivity index (χ0v) is 11.0. The fraction of sp³-hybridized carbons (Fsp3) is 0.429. The molecule has 1 saturated heterocycles. The SMILES string of the molecule is c1ccc(-n2ccnn2)c(CCN2CCNCC2)c1. The van der Waals surface area contributed by atoms with Gasteiger partial charge in [-0.05, 0) is 18.1 Å². The Morgan fingerprint density at radius 3 is 2.79 bits per heavy atom. The Morgan fingerprint density at radius 2 is 2.00 bits per heavy atom. The summed E-state index contributed by atoms with van der Waals surface area (Å²) < 4.78 is 1.84. The molecule has 0 bridgehead atoms. The van der Waals surface area contributed by atoms with Crippen LogP contribution in [0.1, 0.15) is 5.56 Å². The van der Waals surface area contributed by atoms with Crippen molar-refractivity contribution < 1.29 is 0 Å². The van der Waals surface area contributed by atoms with Gasteiger partial charge in [-0.15, -0.1) is 5.10 Å². The summed E-state index contributed by atoms with van der Waals surface area (Å²) in [5.74, 6) is 0. The normalized spacial score (nSPS) is 16.6. The van der Waals surface area contributed by atoms with Crippen LogP contribution in [0.3, 0.4) is 0 Å². The van der Waals surface area contributed by atoms with Crippen LogP contribution in [-0.4, -0.2) is 52.6 Å². The molecule has 5 heteroatoms. The maximum atomic E-state index is 4.08. The third-order valence-electron chi connectivity index (χ3n) is 3.57. The van der Waals surface area contributed by atoms with Crippen molar-refractivity contribution in [3.63, 3.8) is 0 Å². The Kier molecular flexibility index (Phi) is 3.86. The first-order chi connectivity index (χ1) is 9.43. The first kappa shape index (κ1) is 12.3. The smallest absolute Gasteiger partial charge is 0.0697 e. The van der Waals surface area contributed by atoms with Gasteiger partial charge in [-0.2, -0.15) is 0 Å². The molecule has 0 spiro atoms. The molecule has 100 valence electrons. The zero-order chi connectivity index (χ0) is 12.9. The molecule has 0 radical (unpaired) electrons. The van der Waals surface area contributed by atoms with Crippen molar-refractivity contribution in [1.82, 2.24) is 25.2 Å². The number of para-hydroxylation sites is 1. The molecule has 0 saturated carbocycles. The van der Waals surface area contributed by atoms with Gasteiger partial charge in [0, 0.05) is 32.7 Å². The number of rotatable bonds is 4. The van der Waals surface area contributed by atoms with Crippen LogP contribution in [-0.2, 0) is 6.42 Å². The van der Waals surface area contributed by atoms with Crippen molar-refractivity contribution in [2.45, 2.75) is 6.42 Å². The van der Waals surface area contributed by atoms with Gasteiger partial charge in [0.2, 0.25) is 0 Å². The van der Waals surface area contributed by atoms with Crippen molar-refractivity contribution in [2.75, 3.05) is 32.7 Å². The minimum absolute atomic E-state index is 1.05. The third-order valence-corrected chi connectivity index (χ3v) is 3.57. The molecule has 5 nitrogen and oxygen atoms in total. The van der Waals surface area contributed by atoms with Gasteiger partial charge in [0.1, 0.15) is 0 Å². The second kappa shape index (κ2) is 5.95. The van der Waals surface area contributed by atoms with E-state index in [4.69, 9.17) is 0 Å². The maximum Gasteiger partial charge on any atom is 0.0697 e. The van der Waals surface area contributed by atoms with E-state index in [1.165, 1.54) is 5.56 Å². The van der Waals surface area contributed by atoms with Gasteiger partial charge in [-0.25, -0.2) is 4.68 Å². The van der Waals surface area contributed by atoms with E-state index in [1.54, 1.807) is 6.20 Å². The van der Waals surface area contributed by atoms with E-state index in [0.29, 0.717) is 0 Å². The fourth-order valence-corrected chi connectivity index (χ4v) is 2.50. The number of nitrogens with zero attached hydrogens (tertiary/aromatic N) is 4. The van der Waals surface area contributed by atoms with Crippen LogP contribution in [0.25, 0.3) is 5.69 Å². The van der Waals surface area contributed by atoms with Crippen LogP contribution in [0.2, 0.25) is 0 Å². The summed E-state index contributed by atoms with van der Waals surface area (Å²) in [6, 6.07) is 8.42. The lowest BCUT2D eigenvalue weighted by Crippen LogP contribution is -2.44. The summed E-state index contributed by atoms with van der Waals surface area (Å²) in [6.07, 6.45) is 4.66. The average molecular weight is 257 g/mol. The highest BCUT2D eigenvalue weighted by Crippen LogP contribution is 2.14. The molecule has 0 aliphatic carbocycles. The summed E-state index contributed by atoms with van der Waals surface area (Å²) in [6.45, 7) is 5.60. The number of aromatic nitrogens is 3. The van der Waals surface area contributed by atoms with E-state index in [0.717, 1.165) is 44.8 Å². The van der Waals surface area contributed by atoms with E-state index >= 15 is 0 Å². The molecule has 0 unspecified atom stereocenters. The quantitative estimate of drug-likeness (QED) is 0.876. The second-order valence-corrected chi connectivity index (χ2v) is 4.82. The molecule has 2 aromatic rings. The van der Waals surface area contributed by atoms with Gasteiger partial charge in [0.05, 0.1) is 18.1 Å². The van der Waals surface area contributed by atoms with Crippen LogP contribution in [0.4, 0.5) is 0 Å². The standard InChI is InChI=1S/C14H19N5/c1-2-4-14(19-12-8-16-17-19)13(3-1)5-9-18-10-6-15-7-11-18/h1-4,8,12,15H,5-7,9-11H2. The van der Waals surface area contributed by atoms with Crippen molar-refractivity contribution in [3.05, 3.63) is 42.2 Å². The molecule has 1 aromatic heterocycles. The fourth-order valence-electron chi connectivity index (χ4n) is 2.50. The third kappa shape index (κ3) is 3.00. The van der Waals surface area contributed by atoms with Crippen LogP contribution >= 0.6 is 0 Å². The van der Waals surface area contributed by atoms with Crippen molar-refractivity contribution in [2.24, 2.45) is 0 Å². The Bertz CT molecular complexity index is 502. The molecule has 1 N–H and O–H groups in total. The molecular weight excluding hydrogens is 238 g/mol. The largest absolute Gasteiger partial charge is 0.314 e. The van der Waals surface area contributed by atoms with E-state index < -0.39 is 0 Å². The minimum atomic E-state index is 1.05. The van der Waals surface area contributed by atoms with E-state index in [9.17, 15) is 0 Å². The van der Waals surface area contributed by atoms with Crippen LogP contribution in [0, 0.1) is 0 Å². The maximum absolute atomic E-state index is 4.08. The van der Waals surface area contributed by atoms with Crippen molar-refractivity contribution in [3.8, 4) is 5.69 Å². The number of piperazine rings is 1. The van der Waals surface area contributed by atoms with Gasteiger partial charge in [0.15, 0.2) is 0 Å². The zero-order valence-electron chi connectivity index (χ0n) is 11.0. The molecule has 1 aliphatic rings. The van der Waals surface area contributed by atoms with E-state index in [1.807, 2.05) is 16.9 Å². The number of benzene rings is 1. The molecular formula is C14H19N5. The second-order valence-electron chi connectivity index (χ2n) is 4.82. The minimum Gasteiger partial charge on any atom is -0.314 e. The summed E-state index contributed by atoms with van der Waals surface area (Å²) >= 11 is 0. The topological polar surface area (TPSA) is 46.0 Å². The average Bonchev–Trinajstić information content (AvgIpc) is 3.01. The molecule has 0 atom stereocenters. The number of nitrogens with one attached hydrogen (secondary N) is 1. The molecule has 3 rings (SSSR count). The molecule has 19 heavy (non-hydrogen) atoms. The van der Waals surface area contributed by atoms with Gasteiger partial charge < -0.3 is 10.2 Å². The first-order valence-electron chi connectivity index (χ1n) is 6.81. The summed E-state index contributed by atoms with van der Waals surface area (Å²) in [4.78, 5) is 2.51. The Labute approximate surface area is 113 Å². The van der Waals surface area contributed by atoms with Gasteiger partial charge >= 0.3 is 0 Å². The molecule has 2 heterocycles. The van der Waals surface area contributed by atoms with Gasteiger partial charge in [-0.1, -0.05) is 23.4 Å². The summed E-state index contributed by atoms with van der Waals surface area (Å²) in [7, 11) is 0. The van der Waals surface area contributed by atoms with Crippen molar-refractivity contribution >= 4 is 0 Å². The number of hydrogen-bond acceptors (Lipinski definition) is 4. The molecule has 1 aliphatic heterocycles. The highest BCUT2D eigenvalue weighted by Gasteiger charge is 2.11. The van der Waals surface area contributed by atoms with E-state index in [-0.39, 0.29) is 0 Å². The lowest BCUT2D eigenvalue weighted by atomic mass is 10.1. The summed E-state index contributed by atoms with van der Waals surface area (Å²) in [5.41, 5.74) is 2.46. The summed E-state index contributed by atoms with van der Waals surface area (Å²) in [5, 5.41) is 11.4. The number of hydrogen-bond donors (Lipinski definition) is 1. The van der Waals surface area contributed by atoms with Crippen LogP contribution in [0.5, 0.6) is 0 Å². The van der Waals surface area contributed by atoms with Crippen LogP contribution < -0.4 is 5.32 Å². The molecule has 1 aromatic carbocycles. The monoisotopic (exact) mass is 257 g/mol. The highest BCUT2D eigenvalue weighted by molar-refractivity contribution is 5.40. The van der Waals surface area contributed by atoms with Crippen molar-refractivity contribution in [1.29, 1.82) is 0 Å².